The fraction of sp³-hybridized carbons (Fsp3) is 0.231. The number of ether oxygens (including phenoxy) is 1. The molecule has 0 saturated heterocycles. The van der Waals surface area contributed by atoms with Crippen molar-refractivity contribution in [2.24, 2.45) is 5.10 Å². The predicted molar refractivity (Wildman–Crippen MR) is 137 cm³/mol. The van der Waals surface area contributed by atoms with Crippen LogP contribution in [0.15, 0.2) is 62.9 Å². The van der Waals surface area contributed by atoms with Gasteiger partial charge in [0.2, 0.25) is 0 Å². The van der Waals surface area contributed by atoms with Gasteiger partial charge < -0.3 is 9.30 Å². The van der Waals surface area contributed by atoms with Crippen molar-refractivity contribution in [2.75, 3.05) is 0 Å². The summed E-state index contributed by atoms with van der Waals surface area (Å²) in [7, 11) is 0. The summed E-state index contributed by atoms with van der Waals surface area (Å²) in [5, 5.41) is 5.07. The van der Waals surface area contributed by atoms with Crippen LogP contribution in [0, 0.1) is 13.8 Å². The van der Waals surface area contributed by atoms with Crippen molar-refractivity contribution in [1.82, 2.24) is 14.2 Å². The molecular formula is C26H25BrN4O3. The third kappa shape index (κ3) is 4.59. The maximum Gasteiger partial charge on any atom is 0.308 e. The van der Waals surface area contributed by atoms with E-state index in [0.717, 1.165) is 27.1 Å². The lowest BCUT2D eigenvalue weighted by Gasteiger charge is -2.12. The lowest BCUT2D eigenvalue weighted by Crippen LogP contribution is -2.23. The number of aromatic nitrogens is 3. The Kier molecular flexibility index (Phi) is 6.52. The van der Waals surface area contributed by atoms with Gasteiger partial charge in [-0.25, -0.2) is 4.98 Å². The first kappa shape index (κ1) is 23.6. The first-order valence-electron chi connectivity index (χ1n) is 10.9. The van der Waals surface area contributed by atoms with Crippen molar-refractivity contribution in [2.45, 2.75) is 40.5 Å². The van der Waals surface area contributed by atoms with Crippen LogP contribution in [0.5, 0.6) is 5.75 Å². The summed E-state index contributed by atoms with van der Waals surface area (Å²) in [6.07, 6.45) is 1.70. The molecule has 0 bridgehead atoms. The molecule has 0 aliphatic heterocycles. The molecule has 34 heavy (non-hydrogen) atoms. The number of aryl methyl sites for hydroxylation is 1. The van der Waals surface area contributed by atoms with Gasteiger partial charge in [0.05, 0.1) is 17.1 Å². The summed E-state index contributed by atoms with van der Waals surface area (Å²) >= 11 is 3.43. The van der Waals surface area contributed by atoms with Gasteiger partial charge >= 0.3 is 5.97 Å². The van der Waals surface area contributed by atoms with Crippen molar-refractivity contribution in [3.63, 3.8) is 0 Å². The Morgan fingerprint density at radius 1 is 1.12 bits per heavy atom. The molecule has 4 rings (SSSR count). The second-order valence-electron chi connectivity index (χ2n) is 8.40. The quantitative estimate of drug-likeness (QED) is 0.198. The fourth-order valence-corrected chi connectivity index (χ4v) is 4.28. The van der Waals surface area contributed by atoms with E-state index in [1.807, 2.05) is 58.0 Å². The zero-order chi connectivity index (χ0) is 24.6. The first-order valence-corrected chi connectivity index (χ1v) is 11.7. The SMILES string of the molecule is CC(=O)Oc1ccc(-n2c(C)cc(C=Nn3c(C(C)C)nc4ccc(Br)cc4c3=O)c2C)cc1. The van der Waals surface area contributed by atoms with Gasteiger partial charge in [0, 0.05) is 40.0 Å². The van der Waals surface area contributed by atoms with Gasteiger partial charge in [-0.2, -0.15) is 9.78 Å². The minimum atomic E-state index is -0.355. The molecule has 0 fully saturated rings. The molecule has 4 aromatic rings. The first-order chi connectivity index (χ1) is 16.2. The van der Waals surface area contributed by atoms with Crippen LogP contribution >= 0.6 is 15.9 Å². The molecule has 0 spiro atoms. The Morgan fingerprint density at radius 3 is 2.47 bits per heavy atom. The Labute approximate surface area is 205 Å². The molecule has 0 saturated carbocycles. The smallest absolute Gasteiger partial charge is 0.308 e. The highest BCUT2D eigenvalue weighted by Crippen LogP contribution is 2.23. The van der Waals surface area contributed by atoms with Crippen LogP contribution in [0.25, 0.3) is 16.6 Å². The Hall–Kier alpha value is -3.52. The van der Waals surface area contributed by atoms with Gasteiger partial charge in [0.1, 0.15) is 11.6 Å². The maximum atomic E-state index is 13.3. The van der Waals surface area contributed by atoms with Crippen LogP contribution in [-0.4, -0.2) is 26.4 Å². The van der Waals surface area contributed by atoms with E-state index >= 15 is 0 Å². The molecule has 0 aliphatic carbocycles. The number of fused-ring (bicyclic) bond motifs is 1. The largest absolute Gasteiger partial charge is 0.427 e. The summed E-state index contributed by atoms with van der Waals surface area (Å²) in [5.74, 6) is 0.759. The molecule has 8 heteroatoms. The number of benzene rings is 2. The standard InChI is InChI=1S/C26H25BrN4O3/c1-15(2)25-29-24-11-6-20(27)13-23(24)26(33)31(25)28-14-19-12-16(3)30(17(19)4)21-7-9-22(10-8-21)34-18(5)32/h6-15H,1-5H3. The maximum absolute atomic E-state index is 13.3. The summed E-state index contributed by atoms with van der Waals surface area (Å²) in [4.78, 5) is 29.1. The number of halogens is 1. The lowest BCUT2D eigenvalue weighted by molar-refractivity contribution is -0.131. The van der Waals surface area contributed by atoms with Crippen LogP contribution in [0.3, 0.4) is 0 Å². The number of hydrogen-bond acceptors (Lipinski definition) is 5. The number of hydrogen-bond donors (Lipinski definition) is 0. The molecule has 0 unspecified atom stereocenters. The summed E-state index contributed by atoms with van der Waals surface area (Å²) in [5.41, 5.74) is 4.24. The van der Waals surface area contributed by atoms with Gasteiger partial charge in [0.25, 0.3) is 5.56 Å². The van der Waals surface area contributed by atoms with Crippen molar-refractivity contribution >= 4 is 39.0 Å². The Balaban J connectivity index is 1.75. The van der Waals surface area contributed by atoms with E-state index in [9.17, 15) is 9.59 Å². The van der Waals surface area contributed by atoms with Crippen LogP contribution < -0.4 is 10.3 Å². The number of rotatable bonds is 5. The number of esters is 1. The third-order valence-corrected chi connectivity index (χ3v) is 5.98. The molecule has 2 aromatic heterocycles. The average molecular weight is 521 g/mol. The van der Waals surface area contributed by atoms with E-state index in [4.69, 9.17) is 9.72 Å². The van der Waals surface area contributed by atoms with Gasteiger partial charge in [-0.1, -0.05) is 29.8 Å². The van der Waals surface area contributed by atoms with Crippen LogP contribution in [0.2, 0.25) is 0 Å². The third-order valence-electron chi connectivity index (χ3n) is 5.49. The van der Waals surface area contributed by atoms with Crippen molar-refractivity contribution < 1.29 is 9.53 Å². The molecule has 0 atom stereocenters. The molecule has 2 aromatic carbocycles. The van der Waals surface area contributed by atoms with Crippen LogP contribution in [-0.2, 0) is 4.79 Å². The van der Waals surface area contributed by atoms with Crippen molar-refractivity contribution in [3.05, 3.63) is 86.1 Å². The van der Waals surface area contributed by atoms with Crippen molar-refractivity contribution in [3.8, 4) is 11.4 Å². The highest BCUT2D eigenvalue weighted by atomic mass is 79.9. The summed E-state index contributed by atoms with van der Waals surface area (Å²) < 4.78 is 9.41. The van der Waals surface area contributed by atoms with E-state index in [1.54, 1.807) is 24.4 Å². The predicted octanol–water partition coefficient (Wildman–Crippen LogP) is 5.50. The average Bonchev–Trinajstić information content (AvgIpc) is 3.06. The fourth-order valence-electron chi connectivity index (χ4n) is 3.92. The highest BCUT2D eigenvalue weighted by molar-refractivity contribution is 9.10. The zero-order valence-corrected chi connectivity index (χ0v) is 21.3. The highest BCUT2D eigenvalue weighted by Gasteiger charge is 2.15. The Bertz CT molecular complexity index is 1480. The van der Waals surface area contributed by atoms with Gasteiger partial charge in [0.15, 0.2) is 0 Å². The van der Waals surface area contributed by atoms with Crippen molar-refractivity contribution in [1.29, 1.82) is 0 Å². The molecule has 2 heterocycles. The van der Waals surface area contributed by atoms with Crippen LogP contribution in [0.1, 0.15) is 49.5 Å². The van der Waals surface area contributed by atoms with E-state index in [1.165, 1.54) is 11.6 Å². The molecule has 174 valence electrons. The molecule has 0 amide bonds. The molecule has 0 aliphatic rings. The second kappa shape index (κ2) is 9.38. The van der Waals surface area contributed by atoms with E-state index in [2.05, 4.69) is 25.6 Å². The van der Waals surface area contributed by atoms with Gasteiger partial charge in [-0.05, 0) is 62.4 Å². The minimum absolute atomic E-state index is 0.0149. The summed E-state index contributed by atoms with van der Waals surface area (Å²) in [6, 6.07) is 14.8. The second-order valence-corrected chi connectivity index (χ2v) is 9.31. The molecule has 0 radical (unpaired) electrons. The zero-order valence-electron chi connectivity index (χ0n) is 19.7. The number of carbonyl (C=O) groups excluding carboxylic acids is 1. The molecule has 7 nitrogen and oxygen atoms in total. The molecule has 0 N–H and O–H groups in total. The van der Waals surface area contributed by atoms with E-state index in [-0.39, 0.29) is 17.4 Å². The summed E-state index contributed by atoms with van der Waals surface area (Å²) in [6.45, 7) is 9.36. The number of carbonyl (C=O) groups is 1. The normalized spacial score (nSPS) is 11.6. The molecular weight excluding hydrogens is 496 g/mol. The van der Waals surface area contributed by atoms with E-state index < -0.39 is 0 Å². The van der Waals surface area contributed by atoms with Crippen LogP contribution in [0.4, 0.5) is 0 Å². The van der Waals surface area contributed by atoms with E-state index in [0.29, 0.717) is 22.5 Å². The van der Waals surface area contributed by atoms with Gasteiger partial charge in [-0.3, -0.25) is 9.59 Å². The lowest BCUT2D eigenvalue weighted by atomic mass is 10.2. The van der Waals surface area contributed by atoms with Gasteiger partial charge in [-0.15, -0.1) is 0 Å². The minimum Gasteiger partial charge on any atom is -0.427 e. The monoisotopic (exact) mass is 520 g/mol. The Morgan fingerprint density at radius 2 is 1.82 bits per heavy atom. The topological polar surface area (TPSA) is 78.5 Å². The number of nitrogens with zero attached hydrogens (tertiary/aromatic N) is 4.